The molecule has 3 aromatic carbocycles. The van der Waals surface area contributed by atoms with E-state index in [1.807, 2.05) is 0 Å². The molecule has 0 unspecified atom stereocenters. The summed E-state index contributed by atoms with van der Waals surface area (Å²) in [6.45, 7) is 0.777. The Morgan fingerprint density at radius 1 is 1.15 bits per heavy atom. The van der Waals surface area contributed by atoms with Gasteiger partial charge in [-0.25, -0.2) is 0 Å². The molecule has 0 saturated heterocycles. The van der Waals surface area contributed by atoms with Gasteiger partial charge in [-0.2, -0.15) is 0 Å². The molecule has 2 aliphatic rings. The molecule has 2 heterocycles. The van der Waals surface area contributed by atoms with Gasteiger partial charge in [-0.15, -0.1) is 0 Å². The lowest BCUT2D eigenvalue weighted by Gasteiger charge is -2.21. The average molecular weight is 466 g/mol. The molecule has 8 nitrogen and oxygen atoms in total. The van der Waals surface area contributed by atoms with E-state index in [1.165, 1.54) is 18.2 Å². The number of fused-ring (bicyclic) bond motifs is 2. The fourth-order valence-electron chi connectivity index (χ4n) is 3.66. The Kier molecular flexibility index (Phi) is 5.45. The van der Waals surface area contributed by atoms with Crippen LogP contribution in [0.2, 0.25) is 5.02 Å². The van der Waals surface area contributed by atoms with Crippen molar-refractivity contribution in [1.29, 1.82) is 0 Å². The number of ether oxygens (including phenoxy) is 4. The lowest BCUT2D eigenvalue weighted by molar-refractivity contribution is -0.384. The molecule has 3 aromatic rings. The molecule has 0 aromatic heterocycles. The van der Waals surface area contributed by atoms with Crippen LogP contribution in [0.5, 0.6) is 17.2 Å². The summed E-state index contributed by atoms with van der Waals surface area (Å²) in [5.74, 6) is 1.33. The number of benzene rings is 3. The molecule has 5 rings (SSSR count). The van der Waals surface area contributed by atoms with E-state index in [0.717, 1.165) is 11.1 Å². The van der Waals surface area contributed by atoms with Gasteiger partial charge < -0.3 is 18.9 Å². The van der Waals surface area contributed by atoms with E-state index in [2.05, 4.69) is 0 Å². The smallest absolute Gasteiger partial charge is 0.270 e. The predicted octanol–water partition coefficient (Wildman–Crippen LogP) is 5.31. The van der Waals surface area contributed by atoms with Crippen LogP contribution in [0.25, 0.3) is 6.08 Å². The van der Waals surface area contributed by atoms with Crippen molar-refractivity contribution in [3.8, 4) is 17.2 Å². The summed E-state index contributed by atoms with van der Waals surface area (Å²) in [6.07, 6.45) is 1.48. The zero-order valence-electron chi connectivity index (χ0n) is 17.1. The van der Waals surface area contributed by atoms with Crippen LogP contribution >= 0.6 is 11.6 Å². The minimum Gasteiger partial charge on any atom is -0.489 e. The van der Waals surface area contributed by atoms with Gasteiger partial charge in [0.25, 0.3) is 5.69 Å². The number of carbonyl (C=O) groups is 1. The number of non-ortho nitro benzene ring substituents is 1. The number of rotatable bonds is 5. The number of nitro groups is 1. The molecule has 0 amide bonds. The molecule has 9 heteroatoms. The molecule has 0 radical (unpaired) electrons. The molecule has 0 fully saturated rings. The Bertz CT molecular complexity index is 1320. The Labute approximate surface area is 193 Å². The van der Waals surface area contributed by atoms with Crippen LogP contribution in [0.4, 0.5) is 5.69 Å². The van der Waals surface area contributed by atoms with Crippen molar-refractivity contribution in [2.75, 3.05) is 6.79 Å². The monoisotopic (exact) mass is 465 g/mol. The van der Waals surface area contributed by atoms with Crippen LogP contribution in [0.15, 0.2) is 60.4 Å². The van der Waals surface area contributed by atoms with E-state index in [-0.39, 0.29) is 30.6 Å². The Morgan fingerprint density at radius 2 is 2.03 bits per heavy atom. The highest BCUT2D eigenvalue weighted by Crippen LogP contribution is 2.36. The lowest BCUT2D eigenvalue weighted by Crippen LogP contribution is -2.14. The standard InChI is InChI=1S/C24H16ClNO7/c25-17-8-15-11-30-13-32-24(15)16(9-17)12-31-19-4-5-20-21(10-19)33-22(23(20)27)7-14-2-1-3-18(6-14)26(28)29/h1-10H,11-13H2/b22-7-. The second-order valence-corrected chi connectivity index (χ2v) is 7.84. The minimum absolute atomic E-state index is 0.0678. The van der Waals surface area contributed by atoms with Crippen molar-refractivity contribution in [2.24, 2.45) is 0 Å². The molecule has 33 heavy (non-hydrogen) atoms. The first-order valence-corrected chi connectivity index (χ1v) is 10.3. The third kappa shape index (κ3) is 4.26. The van der Waals surface area contributed by atoms with E-state index in [9.17, 15) is 14.9 Å². The molecule has 0 aliphatic carbocycles. The molecule has 0 saturated carbocycles. The van der Waals surface area contributed by atoms with Crippen molar-refractivity contribution in [1.82, 2.24) is 0 Å². The number of ketones is 1. The maximum Gasteiger partial charge on any atom is 0.270 e. The summed E-state index contributed by atoms with van der Waals surface area (Å²) in [4.78, 5) is 23.2. The fraction of sp³-hybridized carbons (Fsp3) is 0.125. The van der Waals surface area contributed by atoms with Gasteiger partial charge in [-0.05, 0) is 35.9 Å². The minimum atomic E-state index is -0.493. The molecular weight excluding hydrogens is 450 g/mol. The number of Topliss-reactive ketones (excluding diaryl/α,β-unsaturated/α-hetero) is 1. The van der Waals surface area contributed by atoms with E-state index in [0.29, 0.717) is 40.0 Å². The molecule has 0 atom stereocenters. The summed E-state index contributed by atoms with van der Waals surface area (Å²) in [7, 11) is 0. The van der Waals surface area contributed by atoms with Crippen molar-refractivity contribution < 1.29 is 28.7 Å². The number of hydrogen-bond acceptors (Lipinski definition) is 7. The maximum absolute atomic E-state index is 12.7. The average Bonchev–Trinajstić information content (AvgIpc) is 3.12. The van der Waals surface area contributed by atoms with Gasteiger partial charge >= 0.3 is 0 Å². The van der Waals surface area contributed by atoms with Crippen LogP contribution in [0.3, 0.4) is 0 Å². The Balaban J connectivity index is 1.35. The number of nitro benzene ring substituents is 1. The third-order valence-electron chi connectivity index (χ3n) is 5.17. The Hall–Kier alpha value is -3.88. The fourth-order valence-corrected chi connectivity index (χ4v) is 3.92. The molecule has 166 valence electrons. The van der Waals surface area contributed by atoms with Crippen molar-refractivity contribution in [3.05, 3.63) is 97.7 Å². The number of hydrogen-bond donors (Lipinski definition) is 0. The maximum atomic E-state index is 12.7. The van der Waals surface area contributed by atoms with Gasteiger partial charge in [0.1, 0.15) is 23.9 Å². The van der Waals surface area contributed by atoms with Crippen molar-refractivity contribution in [2.45, 2.75) is 13.2 Å². The first-order valence-electron chi connectivity index (χ1n) is 9.95. The number of halogens is 1. The van der Waals surface area contributed by atoms with Gasteiger partial charge in [0, 0.05) is 34.3 Å². The summed E-state index contributed by atoms with van der Waals surface area (Å²) < 4.78 is 22.5. The van der Waals surface area contributed by atoms with Crippen LogP contribution < -0.4 is 14.2 Å². The summed E-state index contributed by atoms with van der Waals surface area (Å²) in [6, 6.07) is 14.5. The van der Waals surface area contributed by atoms with Gasteiger partial charge in [0.2, 0.25) is 5.78 Å². The highest BCUT2D eigenvalue weighted by Gasteiger charge is 2.28. The topological polar surface area (TPSA) is 97.1 Å². The van der Waals surface area contributed by atoms with Crippen LogP contribution in [0, 0.1) is 10.1 Å². The molecule has 0 spiro atoms. The normalized spacial score (nSPS) is 15.4. The zero-order chi connectivity index (χ0) is 22.9. The summed E-state index contributed by atoms with van der Waals surface area (Å²) in [5, 5.41) is 11.5. The van der Waals surface area contributed by atoms with Crippen molar-refractivity contribution >= 4 is 29.1 Å². The zero-order valence-corrected chi connectivity index (χ0v) is 17.8. The van der Waals surface area contributed by atoms with Gasteiger partial charge in [-0.3, -0.25) is 14.9 Å². The Morgan fingerprint density at radius 3 is 2.88 bits per heavy atom. The van der Waals surface area contributed by atoms with Gasteiger partial charge in [-0.1, -0.05) is 23.7 Å². The lowest BCUT2D eigenvalue weighted by atomic mass is 10.1. The number of allylic oxidation sites excluding steroid dienone is 1. The highest BCUT2D eigenvalue weighted by atomic mass is 35.5. The first-order chi connectivity index (χ1) is 16.0. The van der Waals surface area contributed by atoms with Gasteiger partial charge in [0.05, 0.1) is 17.1 Å². The quantitative estimate of drug-likeness (QED) is 0.286. The summed E-state index contributed by atoms with van der Waals surface area (Å²) >= 11 is 6.20. The highest BCUT2D eigenvalue weighted by molar-refractivity contribution is 6.30. The molecular formula is C24H16ClNO7. The largest absolute Gasteiger partial charge is 0.489 e. The van der Waals surface area contributed by atoms with Crippen LogP contribution in [-0.2, 0) is 18.0 Å². The molecule has 0 N–H and O–H groups in total. The summed E-state index contributed by atoms with van der Waals surface area (Å²) in [5.41, 5.74) is 2.45. The number of carbonyl (C=O) groups excluding carboxylic acids is 1. The first kappa shape index (κ1) is 21.0. The van der Waals surface area contributed by atoms with E-state index in [4.69, 9.17) is 30.5 Å². The number of nitrogens with zero attached hydrogens (tertiary/aromatic N) is 1. The second kappa shape index (κ2) is 8.57. The van der Waals surface area contributed by atoms with E-state index >= 15 is 0 Å². The predicted molar refractivity (Wildman–Crippen MR) is 119 cm³/mol. The van der Waals surface area contributed by atoms with E-state index < -0.39 is 4.92 Å². The molecule has 2 aliphatic heterocycles. The molecule has 0 bridgehead atoms. The van der Waals surface area contributed by atoms with Crippen LogP contribution in [0.1, 0.15) is 27.0 Å². The second-order valence-electron chi connectivity index (χ2n) is 7.40. The SMILES string of the molecule is O=C1/C(=C/c2cccc([N+](=O)[O-])c2)Oc2cc(OCc3cc(Cl)cc4c3OCOC4)ccc21. The van der Waals surface area contributed by atoms with Crippen LogP contribution in [-0.4, -0.2) is 17.5 Å². The van der Waals surface area contributed by atoms with Crippen molar-refractivity contribution in [3.63, 3.8) is 0 Å². The van der Waals surface area contributed by atoms with E-state index in [1.54, 1.807) is 42.5 Å². The third-order valence-corrected chi connectivity index (χ3v) is 5.38. The van der Waals surface area contributed by atoms with Gasteiger partial charge in [0.15, 0.2) is 12.6 Å².